The summed E-state index contributed by atoms with van der Waals surface area (Å²) in [5.74, 6) is 0. The van der Waals surface area contributed by atoms with Gasteiger partial charge in [-0.2, -0.15) is 5.26 Å². The van der Waals surface area contributed by atoms with Crippen LogP contribution in [-0.4, -0.2) is 19.1 Å². The highest BCUT2D eigenvalue weighted by atomic mass is 15.0. The lowest BCUT2D eigenvalue weighted by atomic mass is 9.71. The molecular weight excluding hydrogens is 863 g/mol. The molecule has 13 aromatic rings. The Morgan fingerprint density at radius 3 is 1.35 bits per heavy atom. The Bertz CT molecular complexity index is 4190. The number of benzene rings is 9. The second-order valence-corrected chi connectivity index (χ2v) is 18.8. The van der Waals surface area contributed by atoms with E-state index in [9.17, 15) is 5.26 Å². The predicted octanol–water partition coefficient (Wildman–Crippen LogP) is 15.9. The second-order valence-electron chi connectivity index (χ2n) is 18.8. The number of rotatable bonds is 5. The molecule has 1 spiro atoms. The molecule has 2 aliphatic rings. The molecule has 9 aromatic carbocycles. The Kier molecular flexibility index (Phi) is 8.28. The summed E-state index contributed by atoms with van der Waals surface area (Å²) >= 11 is 0. The largest absolute Gasteiger partial charge is 0.308 e. The average Bonchev–Trinajstić information content (AvgIpc) is 4.15. The van der Waals surface area contributed by atoms with Crippen molar-refractivity contribution in [2.75, 3.05) is 0 Å². The molecule has 0 bridgehead atoms. The first-order valence-corrected chi connectivity index (χ1v) is 24.1. The predicted molar refractivity (Wildman–Crippen MR) is 288 cm³/mol. The fourth-order valence-corrected chi connectivity index (χ4v) is 12.3. The van der Waals surface area contributed by atoms with Gasteiger partial charge in [0.2, 0.25) is 0 Å². The Morgan fingerprint density at radius 1 is 0.338 bits per heavy atom. The molecule has 0 N–H and O–H groups in total. The monoisotopic (exact) mass is 901 g/mol. The van der Waals surface area contributed by atoms with Gasteiger partial charge in [-0.25, -0.2) is 0 Å². The fourth-order valence-electron chi connectivity index (χ4n) is 12.3. The fraction of sp³-hybridized carbons (Fsp3) is 0.0152. The lowest BCUT2D eigenvalue weighted by Crippen LogP contribution is -2.25. The van der Waals surface area contributed by atoms with E-state index in [4.69, 9.17) is 9.97 Å². The number of nitriles is 1. The van der Waals surface area contributed by atoms with E-state index in [0.717, 1.165) is 111 Å². The van der Waals surface area contributed by atoms with Crippen LogP contribution in [0, 0.1) is 11.3 Å². The van der Waals surface area contributed by atoms with Gasteiger partial charge >= 0.3 is 0 Å². The van der Waals surface area contributed by atoms with Gasteiger partial charge in [0.1, 0.15) is 11.6 Å². The van der Waals surface area contributed by atoms with Gasteiger partial charge in [-0.15, -0.1) is 0 Å². The van der Waals surface area contributed by atoms with Crippen molar-refractivity contribution in [3.05, 3.63) is 265 Å². The van der Waals surface area contributed by atoms with Crippen molar-refractivity contribution >= 4 is 43.6 Å². The number of hydrogen-bond acceptors (Lipinski definition) is 3. The van der Waals surface area contributed by atoms with Crippen molar-refractivity contribution in [2.24, 2.45) is 0 Å². The van der Waals surface area contributed by atoms with Crippen LogP contribution < -0.4 is 0 Å². The van der Waals surface area contributed by atoms with E-state index < -0.39 is 5.41 Å². The minimum atomic E-state index is -0.568. The third kappa shape index (κ3) is 5.44. The van der Waals surface area contributed by atoms with Gasteiger partial charge in [0, 0.05) is 33.9 Å². The Labute approximate surface area is 409 Å². The SMILES string of the molecule is N#Cc1c(-n2c3ccccc3c3cc(-c4ccccc4)ccc32)cc(-c2ccc3c(c2)-c2ccccc2C32c3cccnc3-c3ncccc32)cc1-n1c2ccccc2c2cc(-c3ccccc3)ccc21. The molecule has 0 saturated carbocycles. The van der Waals surface area contributed by atoms with Crippen molar-refractivity contribution in [3.63, 3.8) is 0 Å². The Morgan fingerprint density at radius 2 is 0.789 bits per heavy atom. The van der Waals surface area contributed by atoms with Crippen LogP contribution in [-0.2, 0) is 5.41 Å². The average molecular weight is 902 g/mol. The zero-order chi connectivity index (χ0) is 46.8. The minimum Gasteiger partial charge on any atom is -0.308 e. The van der Waals surface area contributed by atoms with Gasteiger partial charge in [0.15, 0.2) is 0 Å². The molecule has 0 saturated heterocycles. The molecule has 328 valence electrons. The molecule has 0 aliphatic heterocycles. The van der Waals surface area contributed by atoms with E-state index in [-0.39, 0.29) is 0 Å². The van der Waals surface area contributed by atoms with Crippen LogP contribution >= 0.6 is 0 Å². The van der Waals surface area contributed by atoms with Crippen LogP contribution in [0.1, 0.15) is 27.8 Å². The molecule has 4 heterocycles. The highest BCUT2D eigenvalue weighted by Crippen LogP contribution is 2.62. The molecule has 15 rings (SSSR count). The lowest BCUT2D eigenvalue weighted by Gasteiger charge is -2.29. The number of para-hydroxylation sites is 2. The topological polar surface area (TPSA) is 59.4 Å². The lowest BCUT2D eigenvalue weighted by molar-refractivity contribution is 0.789. The number of fused-ring (bicyclic) bond motifs is 16. The van der Waals surface area contributed by atoms with Crippen molar-refractivity contribution < 1.29 is 0 Å². The highest BCUT2D eigenvalue weighted by molar-refractivity contribution is 6.13. The van der Waals surface area contributed by atoms with Crippen LogP contribution in [0.25, 0.3) is 111 Å². The number of hydrogen-bond donors (Lipinski definition) is 0. The molecular formula is C66H39N5. The van der Waals surface area contributed by atoms with E-state index in [1.54, 1.807) is 0 Å². The Balaban J connectivity index is 1.03. The normalized spacial score (nSPS) is 12.9. The summed E-state index contributed by atoms with van der Waals surface area (Å²) in [6.45, 7) is 0. The van der Waals surface area contributed by atoms with E-state index in [1.807, 2.05) is 12.4 Å². The first kappa shape index (κ1) is 39.4. The summed E-state index contributed by atoms with van der Waals surface area (Å²) in [5.41, 5.74) is 21.4. The molecule has 5 heteroatoms. The molecule has 0 atom stereocenters. The van der Waals surface area contributed by atoms with Crippen LogP contribution in [0.3, 0.4) is 0 Å². The quantitative estimate of drug-likeness (QED) is 0.173. The minimum absolute atomic E-state index is 0.568. The molecule has 0 fully saturated rings. The molecule has 71 heavy (non-hydrogen) atoms. The molecule has 5 nitrogen and oxygen atoms in total. The zero-order valence-electron chi connectivity index (χ0n) is 38.3. The first-order valence-electron chi connectivity index (χ1n) is 24.1. The maximum absolute atomic E-state index is 11.8. The molecule has 2 aliphatic carbocycles. The van der Waals surface area contributed by atoms with E-state index in [1.165, 1.54) is 22.3 Å². The van der Waals surface area contributed by atoms with Crippen LogP contribution in [0.5, 0.6) is 0 Å². The van der Waals surface area contributed by atoms with Gasteiger partial charge in [-0.3, -0.25) is 9.97 Å². The highest BCUT2D eigenvalue weighted by Gasteiger charge is 2.52. The smallest absolute Gasteiger partial charge is 0.104 e. The number of nitrogens with zero attached hydrogens (tertiary/aromatic N) is 5. The zero-order valence-corrected chi connectivity index (χ0v) is 38.3. The van der Waals surface area contributed by atoms with Crippen molar-refractivity contribution in [2.45, 2.75) is 5.41 Å². The van der Waals surface area contributed by atoms with E-state index >= 15 is 0 Å². The number of aromatic nitrogens is 4. The summed E-state index contributed by atoms with van der Waals surface area (Å²) in [6, 6.07) is 83.4. The van der Waals surface area contributed by atoms with Gasteiger partial charge in [0.05, 0.1) is 50.2 Å². The first-order chi connectivity index (χ1) is 35.2. The third-order valence-corrected chi connectivity index (χ3v) is 15.3. The van der Waals surface area contributed by atoms with Crippen molar-refractivity contribution in [1.29, 1.82) is 5.26 Å². The van der Waals surface area contributed by atoms with Crippen molar-refractivity contribution in [3.8, 4) is 73.3 Å². The van der Waals surface area contributed by atoms with Crippen molar-refractivity contribution in [1.82, 2.24) is 19.1 Å². The summed E-state index contributed by atoms with van der Waals surface area (Å²) in [4.78, 5) is 9.90. The van der Waals surface area contributed by atoms with Crippen LogP contribution in [0.2, 0.25) is 0 Å². The van der Waals surface area contributed by atoms with Gasteiger partial charge in [0.25, 0.3) is 0 Å². The molecule has 4 aromatic heterocycles. The van der Waals surface area contributed by atoms with Gasteiger partial charge in [-0.1, -0.05) is 158 Å². The maximum atomic E-state index is 11.8. The van der Waals surface area contributed by atoms with Gasteiger partial charge < -0.3 is 9.13 Å². The summed E-state index contributed by atoms with van der Waals surface area (Å²) < 4.78 is 4.63. The summed E-state index contributed by atoms with van der Waals surface area (Å²) in [6.07, 6.45) is 3.75. The molecule has 0 amide bonds. The van der Waals surface area contributed by atoms with E-state index in [2.05, 4.69) is 240 Å². The number of pyridine rings is 2. The third-order valence-electron chi connectivity index (χ3n) is 15.3. The van der Waals surface area contributed by atoms with Crippen LogP contribution in [0.4, 0.5) is 0 Å². The molecule has 0 radical (unpaired) electrons. The molecule has 0 unspecified atom stereocenters. The Hall–Kier alpha value is -9.63. The summed E-state index contributed by atoms with van der Waals surface area (Å²) in [5, 5.41) is 16.3. The van der Waals surface area contributed by atoms with E-state index in [0.29, 0.717) is 5.56 Å². The van der Waals surface area contributed by atoms with Crippen LogP contribution in [0.15, 0.2) is 237 Å². The van der Waals surface area contributed by atoms with Gasteiger partial charge in [-0.05, 0) is 133 Å². The maximum Gasteiger partial charge on any atom is 0.104 e. The summed E-state index contributed by atoms with van der Waals surface area (Å²) in [7, 11) is 0. The second kappa shape index (κ2) is 14.9. The standard InChI is InChI=1S/C66H39N5/c67-40-53-62(70-58-25-11-8-20-48(58)51-36-43(28-31-60(51)70)41-15-3-1-4-16-41)38-46(39-63(53)71-59-26-12-9-21-49(59)52-37-44(29-32-61(52)71)42-17-5-2-6-18-42)45-27-30-55-50(35-45)47-19-7-10-22-54(47)66(55)56-23-13-33-68-64(56)65-57(66)24-14-34-69-65/h1-39H.